The summed E-state index contributed by atoms with van der Waals surface area (Å²) in [6.45, 7) is 4.18. The molecule has 1 aliphatic rings. The molecule has 0 aliphatic carbocycles. The summed E-state index contributed by atoms with van der Waals surface area (Å²) in [4.78, 5) is 11.2. The maximum atomic E-state index is 11.2. The Bertz CT molecular complexity index is 522. The molecule has 0 aromatic heterocycles. The fourth-order valence-electron chi connectivity index (χ4n) is 2.11. The van der Waals surface area contributed by atoms with E-state index >= 15 is 0 Å². The average molecular weight is 276 g/mol. The molecule has 1 amide bonds. The summed E-state index contributed by atoms with van der Waals surface area (Å²) >= 11 is 0. The van der Waals surface area contributed by atoms with E-state index in [1.807, 2.05) is 18.2 Å². The molecule has 5 nitrogen and oxygen atoms in total. The van der Waals surface area contributed by atoms with Gasteiger partial charge in [-0.15, -0.1) is 0 Å². The Morgan fingerprint density at radius 3 is 2.60 bits per heavy atom. The molecule has 0 unspecified atom stereocenters. The van der Waals surface area contributed by atoms with Crippen molar-refractivity contribution in [2.45, 2.75) is 39.2 Å². The van der Waals surface area contributed by atoms with Gasteiger partial charge in [-0.05, 0) is 31.0 Å². The molecular formula is C15H20N2O3. The number of carbonyl (C=O) groups is 1. The largest absolute Gasteiger partial charge is 0.493 e. The molecule has 20 heavy (non-hydrogen) atoms. The van der Waals surface area contributed by atoms with Gasteiger partial charge in [0, 0.05) is 5.56 Å². The van der Waals surface area contributed by atoms with Gasteiger partial charge in [0.1, 0.15) is 0 Å². The molecule has 0 saturated carbocycles. The van der Waals surface area contributed by atoms with E-state index in [-0.39, 0.29) is 12.0 Å². The minimum absolute atomic E-state index is 0.0849. The molecule has 0 bridgehead atoms. The molecule has 1 N–H and O–H groups in total. The molecule has 5 heteroatoms. The van der Waals surface area contributed by atoms with E-state index in [2.05, 4.69) is 24.4 Å². The number of benzene rings is 1. The summed E-state index contributed by atoms with van der Waals surface area (Å²) in [6, 6.07) is 5.62. The number of rotatable bonds is 6. The van der Waals surface area contributed by atoms with Crippen LogP contribution in [-0.4, -0.2) is 24.8 Å². The standard InChI is InChI=1S/C15H20N2O3/c1-4-11(5-2)20-14-8-10(6-7-13(14)19-3)12-9-15(18)17-16-12/h6-8,11H,4-5,9H2,1-3H3,(H,17,18). The van der Waals surface area contributed by atoms with Gasteiger partial charge in [-0.1, -0.05) is 13.8 Å². The highest BCUT2D eigenvalue weighted by Gasteiger charge is 2.18. The van der Waals surface area contributed by atoms with E-state index in [4.69, 9.17) is 9.47 Å². The fourth-order valence-corrected chi connectivity index (χ4v) is 2.11. The van der Waals surface area contributed by atoms with Gasteiger partial charge < -0.3 is 9.47 Å². The van der Waals surface area contributed by atoms with Crippen molar-refractivity contribution in [2.75, 3.05) is 7.11 Å². The molecule has 1 heterocycles. The number of ether oxygens (including phenoxy) is 2. The quantitative estimate of drug-likeness (QED) is 0.868. The third-order valence-electron chi connectivity index (χ3n) is 3.34. The number of methoxy groups -OCH3 is 1. The first kappa shape index (κ1) is 14.4. The summed E-state index contributed by atoms with van der Waals surface area (Å²) < 4.78 is 11.3. The highest BCUT2D eigenvalue weighted by atomic mass is 16.5. The van der Waals surface area contributed by atoms with Crippen LogP contribution in [0, 0.1) is 0 Å². The Morgan fingerprint density at radius 1 is 1.30 bits per heavy atom. The normalized spacial score (nSPS) is 14.2. The first-order valence-corrected chi connectivity index (χ1v) is 6.88. The number of hydrogen-bond donors (Lipinski definition) is 1. The summed E-state index contributed by atoms with van der Waals surface area (Å²) in [5.41, 5.74) is 4.06. The number of nitrogens with one attached hydrogen (secondary N) is 1. The SMILES string of the molecule is CCC(CC)Oc1cc(C2=NNC(=O)C2)ccc1OC. The summed E-state index contributed by atoms with van der Waals surface area (Å²) in [7, 11) is 1.62. The van der Waals surface area contributed by atoms with Gasteiger partial charge in [0.15, 0.2) is 11.5 Å². The average Bonchev–Trinajstić information content (AvgIpc) is 2.91. The lowest BCUT2D eigenvalue weighted by molar-refractivity contribution is -0.119. The molecule has 1 aliphatic heterocycles. The van der Waals surface area contributed by atoms with Crippen LogP contribution >= 0.6 is 0 Å². The van der Waals surface area contributed by atoms with E-state index in [0.717, 1.165) is 24.1 Å². The van der Waals surface area contributed by atoms with Gasteiger partial charge in [0.25, 0.3) is 0 Å². The maximum Gasteiger partial charge on any atom is 0.246 e. The van der Waals surface area contributed by atoms with Crippen LogP contribution in [0.5, 0.6) is 11.5 Å². The van der Waals surface area contributed by atoms with E-state index in [9.17, 15) is 4.79 Å². The van der Waals surface area contributed by atoms with Crippen molar-refractivity contribution >= 4 is 11.6 Å². The second-order valence-corrected chi connectivity index (χ2v) is 4.69. The lowest BCUT2D eigenvalue weighted by Crippen LogP contribution is -2.14. The lowest BCUT2D eigenvalue weighted by atomic mass is 10.1. The molecule has 0 spiro atoms. The molecular weight excluding hydrogens is 256 g/mol. The van der Waals surface area contributed by atoms with Gasteiger partial charge in [-0.25, -0.2) is 5.43 Å². The molecule has 0 radical (unpaired) electrons. The Kier molecular flexibility index (Phi) is 4.61. The molecule has 108 valence electrons. The van der Waals surface area contributed by atoms with Crippen LogP contribution in [0.3, 0.4) is 0 Å². The number of amides is 1. The molecule has 1 aromatic rings. The fraction of sp³-hybridized carbons (Fsp3) is 0.467. The van der Waals surface area contributed by atoms with Crippen LogP contribution in [0.4, 0.5) is 0 Å². The smallest absolute Gasteiger partial charge is 0.246 e. The Balaban J connectivity index is 2.26. The van der Waals surface area contributed by atoms with Crippen molar-refractivity contribution in [1.82, 2.24) is 5.43 Å². The molecule has 2 rings (SSSR count). The number of hydrazone groups is 1. The molecule has 0 atom stereocenters. The van der Waals surface area contributed by atoms with Crippen molar-refractivity contribution in [3.05, 3.63) is 23.8 Å². The zero-order valence-corrected chi connectivity index (χ0v) is 12.1. The summed E-state index contributed by atoms with van der Waals surface area (Å²) in [5, 5.41) is 4.02. The van der Waals surface area contributed by atoms with Gasteiger partial charge in [-0.2, -0.15) is 5.10 Å². The van der Waals surface area contributed by atoms with Crippen molar-refractivity contribution < 1.29 is 14.3 Å². The van der Waals surface area contributed by atoms with Crippen LogP contribution in [0.1, 0.15) is 38.7 Å². The van der Waals surface area contributed by atoms with Gasteiger partial charge >= 0.3 is 0 Å². The first-order chi connectivity index (χ1) is 9.67. The zero-order chi connectivity index (χ0) is 14.5. The Hall–Kier alpha value is -2.04. The van der Waals surface area contributed by atoms with E-state index < -0.39 is 0 Å². The second kappa shape index (κ2) is 6.41. The van der Waals surface area contributed by atoms with Gasteiger partial charge in [0.05, 0.1) is 25.3 Å². The number of nitrogens with zero attached hydrogens (tertiary/aromatic N) is 1. The van der Waals surface area contributed by atoms with Crippen LogP contribution in [0.25, 0.3) is 0 Å². The monoisotopic (exact) mass is 276 g/mol. The predicted octanol–water partition coefficient (Wildman–Crippen LogP) is 2.49. The first-order valence-electron chi connectivity index (χ1n) is 6.88. The van der Waals surface area contributed by atoms with Gasteiger partial charge in [-0.3, -0.25) is 4.79 Å². The van der Waals surface area contributed by atoms with Crippen molar-refractivity contribution in [3.63, 3.8) is 0 Å². The van der Waals surface area contributed by atoms with Crippen molar-refractivity contribution in [2.24, 2.45) is 5.10 Å². The van der Waals surface area contributed by atoms with Crippen molar-refractivity contribution in [1.29, 1.82) is 0 Å². The van der Waals surface area contributed by atoms with E-state index in [0.29, 0.717) is 17.9 Å². The van der Waals surface area contributed by atoms with Crippen LogP contribution < -0.4 is 14.9 Å². The van der Waals surface area contributed by atoms with Crippen LogP contribution in [0.2, 0.25) is 0 Å². The molecule has 0 fully saturated rings. The van der Waals surface area contributed by atoms with E-state index in [1.54, 1.807) is 7.11 Å². The zero-order valence-electron chi connectivity index (χ0n) is 12.1. The minimum Gasteiger partial charge on any atom is -0.493 e. The third-order valence-corrected chi connectivity index (χ3v) is 3.34. The van der Waals surface area contributed by atoms with Crippen LogP contribution in [-0.2, 0) is 4.79 Å². The predicted molar refractivity (Wildman–Crippen MR) is 77.3 cm³/mol. The van der Waals surface area contributed by atoms with Crippen molar-refractivity contribution in [3.8, 4) is 11.5 Å². The van der Waals surface area contributed by atoms with E-state index in [1.165, 1.54) is 0 Å². The summed E-state index contributed by atoms with van der Waals surface area (Å²) in [6.07, 6.45) is 2.33. The van der Waals surface area contributed by atoms with Gasteiger partial charge in [0.2, 0.25) is 5.91 Å². The topological polar surface area (TPSA) is 59.9 Å². The Labute approximate surface area is 119 Å². The maximum absolute atomic E-state index is 11.2. The highest BCUT2D eigenvalue weighted by Crippen LogP contribution is 2.30. The molecule has 0 saturated heterocycles. The third kappa shape index (κ3) is 3.10. The highest BCUT2D eigenvalue weighted by molar-refractivity contribution is 6.13. The minimum atomic E-state index is -0.0849. The summed E-state index contributed by atoms with van der Waals surface area (Å²) in [5.74, 6) is 1.30. The second-order valence-electron chi connectivity index (χ2n) is 4.69. The number of hydrogen-bond acceptors (Lipinski definition) is 4. The van der Waals surface area contributed by atoms with Crippen LogP contribution in [0.15, 0.2) is 23.3 Å². The number of carbonyl (C=O) groups excluding carboxylic acids is 1. The molecule has 1 aromatic carbocycles. The lowest BCUT2D eigenvalue weighted by Gasteiger charge is -2.18. The Morgan fingerprint density at radius 2 is 2.05 bits per heavy atom.